The molecule has 2 rings (SSSR count). The summed E-state index contributed by atoms with van der Waals surface area (Å²) in [5.74, 6) is 1.48. The van der Waals surface area contributed by atoms with Crippen LogP contribution in [0.4, 0.5) is 5.69 Å². The van der Waals surface area contributed by atoms with Gasteiger partial charge in [0.2, 0.25) is 5.88 Å². The van der Waals surface area contributed by atoms with Crippen LogP contribution < -0.4 is 15.8 Å². The number of hydrogen-bond acceptors (Lipinski definition) is 3. The first kappa shape index (κ1) is 21.2. The van der Waals surface area contributed by atoms with Crippen LogP contribution >= 0.6 is 24.0 Å². The van der Waals surface area contributed by atoms with Crippen molar-refractivity contribution < 1.29 is 4.74 Å². The Kier molecular flexibility index (Phi) is 8.68. The predicted octanol–water partition coefficient (Wildman–Crippen LogP) is 4.54. The lowest BCUT2D eigenvalue weighted by Crippen LogP contribution is -2.22. The Hall–Kier alpha value is -1.83. The summed E-state index contributed by atoms with van der Waals surface area (Å²) in [4.78, 5) is 8.62. The Balaban J connectivity index is 0.00000312. The zero-order chi connectivity index (χ0) is 17.5. The van der Waals surface area contributed by atoms with E-state index >= 15 is 0 Å². The molecule has 1 heterocycles. The van der Waals surface area contributed by atoms with Crippen LogP contribution in [0, 0.1) is 0 Å². The normalized spacial score (nSPS) is 11.4. The van der Waals surface area contributed by atoms with Gasteiger partial charge in [-0.05, 0) is 43.0 Å². The molecule has 25 heavy (non-hydrogen) atoms. The third kappa shape index (κ3) is 7.29. The molecule has 0 fully saturated rings. The van der Waals surface area contributed by atoms with Crippen molar-refractivity contribution in [3.63, 3.8) is 0 Å². The highest BCUT2D eigenvalue weighted by molar-refractivity contribution is 14.0. The lowest BCUT2D eigenvalue weighted by molar-refractivity contribution is 0.232. The Morgan fingerprint density at radius 1 is 1.20 bits per heavy atom. The fourth-order valence-corrected chi connectivity index (χ4v) is 2.16. The van der Waals surface area contributed by atoms with Gasteiger partial charge in [-0.2, -0.15) is 0 Å². The molecule has 0 atom stereocenters. The van der Waals surface area contributed by atoms with E-state index in [1.165, 1.54) is 5.56 Å². The minimum Gasteiger partial charge on any atom is -0.475 e. The van der Waals surface area contributed by atoms with E-state index in [4.69, 9.17) is 10.5 Å². The van der Waals surface area contributed by atoms with Gasteiger partial charge in [0.05, 0.1) is 12.6 Å². The molecule has 0 aliphatic carbocycles. The summed E-state index contributed by atoms with van der Waals surface area (Å²) in [6.45, 7) is 8.74. The number of pyridine rings is 1. The Morgan fingerprint density at radius 2 is 1.96 bits per heavy atom. The van der Waals surface area contributed by atoms with E-state index in [1.54, 1.807) is 6.20 Å². The lowest BCUT2D eigenvalue weighted by Gasteiger charge is -2.10. The first-order valence-electron chi connectivity index (χ1n) is 8.22. The number of aromatic nitrogens is 1. The number of aliphatic imine (C=N–C) groups is 1. The molecular weight excluding hydrogens is 427 g/mol. The van der Waals surface area contributed by atoms with E-state index in [-0.39, 0.29) is 30.1 Å². The van der Waals surface area contributed by atoms with Crippen LogP contribution in [-0.4, -0.2) is 17.0 Å². The number of hydrogen-bond donors (Lipinski definition) is 2. The van der Waals surface area contributed by atoms with Gasteiger partial charge in [0.15, 0.2) is 5.96 Å². The molecule has 2 aromatic rings. The van der Waals surface area contributed by atoms with Crippen LogP contribution in [0.2, 0.25) is 0 Å². The molecule has 1 aromatic carbocycles. The summed E-state index contributed by atoms with van der Waals surface area (Å²) in [5.41, 5.74) is 9.16. The molecule has 0 bridgehead atoms. The van der Waals surface area contributed by atoms with Crippen molar-refractivity contribution in [2.24, 2.45) is 10.7 Å². The summed E-state index contributed by atoms with van der Waals surface area (Å²) in [5, 5.41) is 3.13. The number of nitrogens with one attached hydrogen (secondary N) is 1. The molecule has 0 amide bonds. The maximum absolute atomic E-state index is 5.97. The lowest BCUT2D eigenvalue weighted by atomic mass is 10.0. The van der Waals surface area contributed by atoms with E-state index in [2.05, 4.69) is 41.3 Å². The fourth-order valence-electron chi connectivity index (χ4n) is 2.16. The Morgan fingerprint density at radius 3 is 2.56 bits per heavy atom. The van der Waals surface area contributed by atoms with Crippen LogP contribution in [0.25, 0.3) is 0 Å². The molecule has 136 valence electrons. The molecule has 0 radical (unpaired) electrons. The molecule has 0 unspecified atom stereocenters. The molecule has 0 spiro atoms. The molecule has 0 saturated heterocycles. The highest BCUT2D eigenvalue weighted by Crippen LogP contribution is 2.18. The van der Waals surface area contributed by atoms with Gasteiger partial charge in [-0.15, -0.1) is 24.0 Å². The van der Waals surface area contributed by atoms with E-state index in [1.807, 2.05) is 38.1 Å². The van der Waals surface area contributed by atoms with E-state index in [0.717, 1.165) is 11.3 Å². The van der Waals surface area contributed by atoms with Crippen molar-refractivity contribution in [1.82, 2.24) is 4.98 Å². The number of anilines is 1. The average Bonchev–Trinajstić information content (AvgIpc) is 2.54. The van der Waals surface area contributed by atoms with Crippen LogP contribution in [0.15, 0.2) is 47.6 Å². The zero-order valence-electron chi connectivity index (χ0n) is 15.2. The third-order valence-electron chi connectivity index (χ3n) is 3.41. The van der Waals surface area contributed by atoms with Crippen molar-refractivity contribution in [2.45, 2.75) is 46.3 Å². The van der Waals surface area contributed by atoms with Crippen LogP contribution in [0.3, 0.4) is 0 Å². The van der Waals surface area contributed by atoms with Gasteiger partial charge < -0.3 is 15.8 Å². The van der Waals surface area contributed by atoms with Crippen LogP contribution in [-0.2, 0) is 6.54 Å². The van der Waals surface area contributed by atoms with Crippen molar-refractivity contribution in [2.75, 3.05) is 5.32 Å². The van der Waals surface area contributed by atoms with Crippen LogP contribution in [0.5, 0.6) is 5.88 Å². The second kappa shape index (κ2) is 10.2. The monoisotopic (exact) mass is 454 g/mol. The number of rotatable bonds is 6. The number of nitrogens with zero attached hydrogens (tertiary/aromatic N) is 2. The van der Waals surface area contributed by atoms with Crippen molar-refractivity contribution >= 4 is 35.6 Å². The minimum atomic E-state index is 0. The van der Waals surface area contributed by atoms with Gasteiger partial charge in [-0.3, -0.25) is 0 Å². The maximum atomic E-state index is 5.97. The minimum absolute atomic E-state index is 0. The summed E-state index contributed by atoms with van der Waals surface area (Å²) in [6, 6.07) is 12.0. The summed E-state index contributed by atoms with van der Waals surface area (Å²) in [7, 11) is 0. The molecule has 0 saturated carbocycles. The first-order chi connectivity index (χ1) is 11.4. The van der Waals surface area contributed by atoms with Gasteiger partial charge in [0.1, 0.15) is 0 Å². The third-order valence-corrected chi connectivity index (χ3v) is 3.41. The fraction of sp³-hybridized carbons (Fsp3) is 0.368. The number of nitrogens with two attached hydrogens (primary N) is 1. The molecule has 0 aliphatic heterocycles. The number of guanidine groups is 1. The summed E-state index contributed by atoms with van der Waals surface area (Å²) in [6.07, 6.45) is 1.87. The topological polar surface area (TPSA) is 72.5 Å². The SMILES string of the molecule is CC(C)Oc1ccc(CN=C(N)Nc2cccc(C(C)C)c2)cn1.I. The standard InChI is InChI=1S/C19H26N4O.HI/c1-13(2)16-6-5-7-17(10-16)23-19(20)22-12-15-8-9-18(21-11-15)24-14(3)4;/h5-11,13-14H,12H2,1-4H3,(H3,20,22,23);1H. The maximum Gasteiger partial charge on any atom is 0.213 e. The van der Waals surface area contributed by atoms with Gasteiger partial charge >= 0.3 is 0 Å². The quantitative estimate of drug-likeness (QED) is 0.382. The van der Waals surface area contributed by atoms with E-state index < -0.39 is 0 Å². The number of halogens is 1. The Bertz CT molecular complexity index is 684. The first-order valence-corrected chi connectivity index (χ1v) is 8.22. The van der Waals surface area contributed by atoms with E-state index in [0.29, 0.717) is 24.3 Å². The van der Waals surface area contributed by atoms with Gasteiger partial charge in [-0.1, -0.05) is 32.0 Å². The highest BCUT2D eigenvalue weighted by atomic mass is 127. The highest BCUT2D eigenvalue weighted by Gasteiger charge is 2.02. The van der Waals surface area contributed by atoms with Crippen LogP contribution in [0.1, 0.15) is 44.7 Å². The van der Waals surface area contributed by atoms with E-state index in [9.17, 15) is 0 Å². The molecular formula is C19H27IN4O. The molecule has 6 heteroatoms. The summed E-state index contributed by atoms with van der Waals surface area (Å²) < 4.78 is 5.52. The largest absolute Gasteiger partial charge is 0.475 e. The number of benzene rings is 1. The van der Waals surface area contributed by atoms with Crippen molar-refractivity contribution in [3.8, 4) is 5.88 Å². The second-order valence-corrected chi connectivity index (χ2v) is 6.28. The smallest absolute Gasteiger partial charge is 0.213 e. The van der Waals surface area contributed by atoms with Gasteiger partial charge in [0.25, 0.3) is 0 Å². The molecule has 5 nitrogen and oxygen atoms in total. The molecule has 3 N–H and O–H groups in total. The number of ether oxygens (including phenoxy) is 1. The van der Waals surface area contributed by atoms with Crippen molar-refractivity contribution in [1.29, 1.82) is 0 Å². The predicted molar refractivity (Wildman–Crippen MR) is 115 cm³/mol. The molecule has 1 aromatic heterocycles. The zero-order valence-corrected chi connectivity index (χ0v) is 17.5. The average molecular weight is 454 g/mol. The Labute approximate surface area is 167 Å². The van der Waals surface area contributed by atoms with Crippen molar-refractivity contribution in [3.05, 3.63) is 53.7 Å². The molecule has 0 aliphatic rings. The van der Waals surface area contributed by atoms with Gasteiger partial charge in [0, 0.05) is 18.0 Å². The summed E-state index contributed by atoms with van der Waals surface area (Å²) >= 11 is 0. The van der Waals surface area contributed by atoms with Gasteiger partial charge in [-0.25, -0.2) is 9.98 Å². The second-order valence-electron chi connectivity index (χ2n) is 6.28.